The topological polar surface area (TPSA) is 17.3 Å². The van der Waals surface area contributed by atoms with Crippen molar-refractivity contribution < 1.29 is 0 Å². The van der Waals surface area contributed by atoms with Crippen LogP contribution in [0.2, 0.25) is 0 Å². The molecule has 65 valence electrons. The van der Waals surface area contributed by atoms with E-state index >= 15 is 0 Å². The number of rotatable bonds is 3. The minimum absolute atomic E-state index is 0.749. The van der Waals surface area contributed by atoms with E-state index in [4.69, 9.17) is 0 Å². The van der Waals surface area contributed by atoms with Gasteiger partial charge in [-0.15, -0.1) is 0 Å². The van der Waals surface area contributed by atoms with Crippen molar-refractivity contribution in [3.05, 3.63) is 0 Å². The molecule has 0 aliphatic carbocycles. The van der Waals surface area contributed by atoms with Gasteiger partial charge in [0.25, 0.3) is 0 Å². The molecule has 1 saturated heterocycles. The van der Waals surface area contributed by atoms with E-state index in [2.05, 4.69) is 24.1 Å². The van der Waals surface area contributed by atoms with Gasteiger partial charge < -0.3 is 0 Å². The third-order valence-electron chi connectivity index (χ3n) is 2.52. The molecule has 1 aliphatic rings. The van der Waals surface area contributed by atoms with Crippen LogP contribution in [0.5, 0.6) is 0 Å². The van der Waals surface area contributed by atoms with Crippen molar-refractivity contribution in [3.63, 3.8) is 0 Å². The second-order valence-electron chi connectivity index (χ2n) is 3.15. The monoisotopic (exact) mass is 155 g/mol. The van der Waals surface area contributed by atoms with Gasteiger partial charge in [0.2, 0.25) is 0 Å². The highest BCUT2D eigenvalue weighted by Gasteiger charge is 2.18. The van der Waals surface area contributed by atoms with Crippen molar-refractivity contribution in [2.24, 2.45) is 0 Å². The van der Waals surface area contributed by atoms with Crippen LogP contribution in [-0.2, 0) is 0 Å². The average Bonchev–Trinajstić information content (AvgIpc) is 2.09. The van der Waals surface area contributed by atoms with Crippen LogP contribution in [0.15, 0.2) is 0 Å². The van der Waals surface area contributed by atoms with Crippen molar-refractivity contribution in [2.75, 3.05) is 26.2 Å². The van der Waals surface area contributed by atoms with Crippen LogP contribution in [0.4, 0.5) is 0 Å². The fourth-order valence-corrected chi connectivity index (χ4v) is 1.81. The molecule has 1 radical (unpaired) electrons. The highest BCUT2D eigenvalue weighted by Crippen LogP contribution is 2.09. The van der Waals surface area contributed by atoms with Crippen LogP contribution in [-0.4, -0.2) is 37.1 Å². The predicted octanol–water partition coefficient (Wildman–Crippen LogP) is 1.09. The molecular formula is C9H19N2. The van der Waals surface area contributed by atoms with Crippen molar-refractivity contribution in [1.29, 1.82) is 0 Å². The highest BCUT2D eigenvalue weighted by atomic mass is 15.2. The molecule has 1 heterocycles. The summed E-state index contributed by atoms with van der Waals surface area (Å²) in [5, 5.41) is 4.43. The first-order valence-electron chi connectivity index (χ1n) is 4.75. The number of hydrogen-bond donors (Lipinski definition) is 0. The van der Waals surface area contributed by atoms with E-state index in [9.17, 15) is 0 Å². The smallest absolute Gasteiger partial charge is 0.0289 e. The van der Waals surface area contributed by atoms with Crippen molar-refractivity contribution in [3.8, 4) is 0 Å². The Morgan fingerprint density at radius 2 is 2.09 bits per heavy atom. The maximum absolute atomic E-state index is 4.43. The van der Waals surface area contributed by atoms with Gasteiger partial charge in [-0.2, -0.15) is 0 Å². The molecule has 11 heavy (non-hydrogen) atoms. The van der Waals surface area contributed by atoms with E-state index in [1.807, 2.05) is 0 Å². The summed E-state index contributed by atoms with van der Waals surface area (Å²) >= 11 is 0. The minimum atomic E-state index is 0.749. The van der Waals surface area contributed by atoms with Gasteiger partial charge in [-0.05, 0) is 25.9 Å². The van der Waals surface area contributed by atoms with Crippen LogP contribution in [0.1, 0.15) is 26.7 Å². The molecule has 0 spiro atoms. The van der Waals surface area contributed by atoms with Gasteiger partial charge in [0, 0.05) is 19.1 Å². The van der Waals surface area contributed by atoms with E-state index < -0.39 is 0 Å². The Balaban J connectivity index is 2.30. The van der Waals surface area contributed by atoms with E-state index in [0.29, 0.717) is 0 Å². The minimum Gasteiger partial charge on any atom is -0.300 e. The Morgan fingerprint density at radius 1 is 1.36 bits per heavy atom. The summed E-state index contributed by atoms with van der Waals surface area (Å²) in [7, 11) is 0. The fourth-order valence-electron chi connectivity index (χ4n) is 1.81. The lowest BCUT2D eigenvalue weighted by molar-refractivity contribution is 0.181. The molecule has 0 amide bonds. The molecule has 0 aromatic heterocycles. The molecular weight excluding hydrogens is 136 g/mol. The van der Waals surface area contributed by atoms with Gasteiger partial charge in [-0.25, -0.2) is 5.32 Å². The Hall–Kier alpha value is -0.0800. The van der Waals surface area contributed by atoms with Gasteiger partial charge in [-0.3, -0.25) is 4.90 Å². The number of likely N-dealkylation sites (N-methyl/N-ethyl adjacent to an activating group) is 1. The van der Waals surface area contributed by atoms with Crippen LogP contribution < -0.4 is 5.32 Å². The molecule has 1 fully saturated rings. The van der Waals surface area contributed by atoms with Gasteiger partial charge in [0.05, 0.1) is 0 Å². The van der Waals surface area contributed by atoms with Gasteiger partial charge in [0.15, 0.2) is 0 Å². The van der Waals surface area contributed by atoms with E-state index in [-0.39, 0.29) is 0 Å². The zero-order chi connectivity index (χ0) is 8.10. The Morgan fingerprint density at radius 3 is 2.55 bits per heavy atom. The summed E-state index contributed by atoms with van der Waals surface area (Å²) in [5.41, 5.74) is 0. The zero-order valence-corrected chi connectivity index (χ0v) is 7.71. The molecule has 1 unspecified atom stereocenters. The summed E-state index contributed by atoms with van der Waals surface area (Å²) in [5.74, 6) is 0. The van der Waals surface area contributed by atoms with Crippen molar-refractivity contribution in [1.82, 2.24) is 10.2 Å². The standard InChI is InChI=1S/C9H19N2/c1-3-11(4-2)9-6-5-7-10-8-9/h9H,3-8H2,1-2H3. The number of nitrogens with zero attached hydrogens (tertiary/aromatic N) is 2. The lowest BCUT2D eigenvalue weighted by atomic mass is 10.1. The molecule has 0 saturated carbocycles. The van der Waals surface area contributed by atoms with Crippen LogP contribution in [0, 0.1) is 0 Å². The fraction of sp³-hybridized carbons (Fsp3) is 1.00. The van der Waals surface area contributed by atoms with E-state index in [0.717, 1.165) is 19.1 Å². The lowest BCUT2D eigenvalue weighted by Gasteiger charge is -2.32. The lowest BCUT2D eigenvalue weighted by Crippen LogP contribution is -2.43. The number of hydrogen-bond acceptors (Lipinski definition) is 1. The maximum atomic E-state index is 4.43. The first kappa shape index (κ1) is 9.01. The van der Waals surface area contributed by atoms with Crippen LogP contribution >= 0.6 is 0 Å². The van der Waals surface area contributed by atoms with Gasteiger partial charge >= 0.3 is 0 Å². The second-order valence-corrected chi connectivity index (χ2v) is 3.15. The summed E-state index contributed by atoms with van der Waals surface area (Å²) in [6.07, 6.45) is 2.65. The quantitative estimate of drug-likeness (QED) is 0.596. The van der Waals surface area contributed by atoms with E-state index in [1.165, 1.54) is 25.9 Å². The zero-order valence-electron chi connectivity index (χ0n) is 7.71. The number of piperidine rings is 1. The summed E-state index contributed by atoms with van der Waals surface area (Å²) in [6.45, 7) is 8.99. The molecule has 0 aromatic rings. The summed E-state index contributed by atoms with van der Waals surface area (Å²) < 4.78 is 0. The molecule has 1 rings (SSSR count). The van der Waals surface area contributed by atoms with Crippen LogP contribution in [0.25, 0.3) is 0 Å². The van der Waals surface area contributed by atoms with Gasteiger partial charge in [-0.1, -0.05) is 13.8 Å². The second kappa shape index (κ2) is 4.73. The Kier molecular flexibility index (Phi) is 3.87. The molecule has 0 bridgehead atoms. The largest absolute Gasteiger partial charge is 0.300 e. The maximum Gasteiger partial charge on any atom is 0.0289 e. The predicted molar refractivity (Wildman–Crippen MR) is 47.8 cm³/mol. The first-order valence-corrected chi connectivity index (χ1v) is 4.75. The molecule has 0 aromatic carbocycles. The molecule has 1 atom stereocenters. The SMILES string of the molecule is CCN(CC)C1CCC[N]C1. The molecule has 1 aliphatic heterocycles. The van der Waals surface area contributed by atoms with Crippen molar-refractivity contribution >= 4 is 0 Å². The van der Waals surface area contributed by atoms with Crippen molar-refractivity contribution in [2.45, 2.75) is 32.7 Å². The molecule has 0 N–H and O–H groups in total. The van der Waals surface area contributed by atoms with E-state index in [1.54, 1.807) is 0 Å². The van der Waals surface area contributed by atoms with Gasteiger partial charge in [0.1, 0.15) is 0 Å². The molecule has 2 nitrogen and oxygen atoms in total. The Labute approximate surface area is 70.0 Å². The highest BCUT2D eigenvalue weighted by molar-refractivity contribution is 4.76. The summed E-state index contributed by atoms with van der Waals surface area (Å²) in [4.78, 5) is 2.52. The third kappa shape index (κ3) is 2.46. The van der Waals surface area contributed by atoms with Crippen LogP contribution in [0.3, 0.4) is 0 Å². The molecule has 2 heteroatoms. The average molecular weight is 155 g/mol. The summed E-state index contributed by atoms with van der Waals surface area (Å²) in [6, 6.07) is 0.749. The third-order valence-corrected chi connectivity index (χ3v) is 2.52. The normalized spacial score (nSPS) is 25.9. The first-order chi connectivity index (χ1) is 5.38. The Bertz CT molecular complexity index is 93.7.